The Bertz CT molecular complexity index is 1200. The van der Waals surface area contributed by atoms with Crippen LogP contribution in [0.5, 0.6) is 0 Å². The second kappa shape index (κ2) is 29.5. The fourth-order valence-electron chi connectivity index (χ4n) is 3.85. The van der Waals surface area contributed by atoms with E-state index in [4.69, 9.17) is 0 Å². The van der Waals surface area contributed by atoms with Gasteiger partial charge in [0.15, 0.2) is 0 Å². The monoisotopic (exact) mass is 850 g/mol. The molecule has 3 aromatic rings. The minimum absolute atomic E-state index is 0. The molecule has 0 N–H and O–H groups in total. The van der Waals surface area contributed by atoms with Crippen LogP contribution in [-0.4, -0.2) is 0 Å². The summed E-state index contributed by atoms with van der Waals surface area (Å²) in [7, 11) is 0. The molecule has 3 rings (SSSR count). The van der Waals surface area contributed by atoms with Gasteiger partial charge >= 0.3 is 64.4 Å². The van der Waals surface area contributed by atoms with Crippen molar-refractivity contribution in [2.75, 3.05) is 0 Å². The fraction of sp³-hybridized carbons (Fsp3) is 0.513. The Morgan fingerprint density at radius 1 is 0.574 bits per heavy atom. The summed E-state index contributed by atoms with van der Waals surface area (Å²) in [5, 5.41) is 0. The van der Waals surface area contributed by atoms with Crippen LogP contribution in [0.25, 0.3) is 0 Å². The fourth-order valence-corrected chi connectivity index (χ4v) is 4.45. The molecule has 0 saturated carbocycles. The van der Waals surface area contributed by atoms with Crippen molar-refractivity contribution in [1.29, 1.82) is 0 Å². The number of unbranched alkanes of at least 4 members (excludes halogenated alkanes) is 8. The number of halogens is 7. The van der Waals surface area contributed by atoms with E-state index in [9.17, 15) is 26.3 Å². The number of benzene rings is 3. The van der Waals surface area contributed by atoms with Gasteiger partial charge in [-0.15, -0.1) is 0 Å². The third-order valence-corrected chi connectivity index (χ3v) is 8.26. The Kier molecular flexibility index (Phi) is 32.1. The summed E-state index contributed by atoms with van der Waals surface area (Å²) in [4.78, 5) is 0. The first-order valence-corrected chi connectivity index (χ1v) is 17.3. The van der Waals surface area contributed by atoms with Gasteiger partial charge in [0.05, 0.1) is 9.13 Å². The van der Waals surface area contributed by atoms with Crippen LogP contribution >= 0.6 is 22.6 Å². The van der Waals surface area contributed by atoms with Crippen LogP contribution in [0.2, 0.25) is 0 Å². The molecule has 0 bridgehead atoms. The molecule has 0 radical (unpaired) electrons. The average Bonchev–Trinajstić information content (AvgIpc) is 3.00. The van der Waals surface area contributed by atoms with Gasteiger partial charge in [0, 0.05) is 0 Å². The van der Waals surface area contributed by atoms with E-state index in [0.717, 1.165) is 26.7 Å². The van der Waals surface area contributed by atoms with Crippen molar-refractivity contribution < 1.29 is 84.5 Å². The van der Waals surface area contributed by atoms with Crippen LogP contribution in [0.15, 0.2) is 42.5 Å². The van der Waals surface area contributed by atoms with Crippen LogP contribution in [0, 0.1) is 69.5 Å². The van der Waals surface area contributed by atoms with Crippen LogP contribution in [-0.2, 0) is 6.18 Å². The smallest absolute Gasteiger partial charge is 0.343 e. The Labute approximate surface area is 345 Å². The number of rotatable bonds is 8. The molecule has 0 unspecified atom stereocenters. The topological polar surface area (TPSA) is 0 Å². The number of hydrogen-bond donors (Lipinski definition) is 0. The van der Waals surface area contributed by atoms with Gasteiger partial charge in [-0.3, -0.25) is 0 Å². The molecule has 0 aromatic heterocycles. The van der Waals surface area contributed by atoms with Gasteiger partial charge in [0.1, 0.15) is 17.5 Å². The van der Waals surface area contributed by atoms with E-state index < -0.39 is 17.6 Å². The third kappa shape index (κ3) is 23.7. The van der Waals surface area contributed by atoms with Crippen LogP contribution in [0.3, 0.4) is 0 Å². The maximum Gasteiger partial charge on any atom is 1.00 e. The van der Waals surface area contributed by atoms with E-state index >= 15 is 0 Å². The van der Waals surface area contributed by atoms with Gasteiger partial charge < -0.3 is 6.92 Å². The largest absolute Gasteiger partial charge is 1.00 e. The average molecular weight is 851 g/mol. The first kappa shape index (κ1) is 51.1. The summed E-state index contributed by atoms with van der Waals surface area (Å²) in [5.41, 5.74) is 2.17. The van der Waals surface area contributed by atoms with E-state index in [0.29, 0.717) is 5.56 Å². The van der Waals surface area contributed by atoms with Crippen molar-refractivity contribution in [3.63, 3.8) is 0 Å². The summed E-state index contributed by atoms with van der Waals surface area (Å²) in [6.07, 6.45) is 8.95. The zero-order valence-electron chi connectivity index (χ0n) is 30.5. The molecule has 0 aliphatic rings. The van der Waals surface area contributed by atoms with Gasteiger partial charge in [0.2, 0.25) is 0 Å². The van der Waals surface area contributed by atoms with Gasteiger partial charge in [-0.05, 0) is 104 Å². The Morgan fingerprint density at radius 2 is 0.979 bits per heavy atom. The van der Waals surface area contributed by atoms with E-state index in [2.05, 4.69) is 27.7 Å². The standard InChI is InChI=1S/C9H8F4.C8H8FI.C8H9F.C8H18.C6H13.Rb/c1-5-3-4-6(2)8(10)7(5)9(11,12)13;1-5-3-4-6(2)8(10)7(5)9;1-6-3-4-7(2)8(9)5-6;1-3-5-7-8-6-4-2;1-3-5-6-4-2;/h3-4H,1-2H3;3-4H,1-2H3;3-5H,1-2H3;3-8H2,1-2H3;1,3-6H2,2H3;/q;;;;-1;+1. The SMILES string of the molecule is CCCCCCCC.Cc1ccc(C)c(C(F)(F)F)c1F.Cc1ccc(C)c(F)c1.Cc1ccc(C)c(I)c1F.[CH2-]CCCCC.[Rb+]. The van der Waals surface area contributed by atoms with Gasteiger partial charge in [-0.1, -0.05) is 115 Å². The molecule has 0 saturated heterocycles. The van der Waals surface area contributed by atoms with Gasteiger partial charge in [0.25, 0.3) is 0 Å². The first-order chi connectivity index (χ1) is 21.5. The Balaban J connectivity index is -0.000000524. The Morgan fingerprint density at radius 3 is 1.32 bits per heavy atom. The van der Waals surface area contributed by atoms with E-state index in [1.807, 2.05) is 48.6 Å². The van der Waals surface area contributed by atoms with Crippen LogP contribution in [0.4, 0.5) is 26.3 Å². The van der Waals surface area contributed by atoms with Crippen molar-refractivity contribution in [1.82, 2.24) is 0 Å². The van der Waals surface area contributed by atoms with Crippen molar-refractivity contribution in [2.24, 2.45) is 0 Å². The van der Waals surface area contributed by atoms with Crippen LogP contribution in [0.1, 0.15) is 124 Å². The Hall–Kier alpha value is -0.225. The molecule has 0 aliphatic heterocycles. The molecule has 0 aliphatic carbocycles. The molecule has 262 valence electrons. The molecule has 0 spiro atoms. The molecule has 0 fully saturated rings. The molecule has 3 aromatic carbocycles. The van der Waals surface area contributed by atoms with Crippen molar-refractivity contribution in [3.8, 4) is 0 Å². The third-order valence-electron chi connectivity index (χ3n) is 6.93. The molecule has 0 atom stereocenters. The molecule has 47 heavy (non-hydrogen) atoms. The number of aryl methyl sites for hydroxylation is 6. The van der Waals surface area contributed by atoms with E-state index in [1.54, 1.807) is 26.0 Å². The molecule has 0 amide bonds. The maximum atomic E-state index is 13.0. The van der Waals surface area contributed by atoms with Crippen molar-refractivity contribution in [2.45, 2.75) is 133 Å². The molecular formula is C39H56F6IRb. The van der Waals surface area contributed by atoms with Crippen molar-refractivity contribution >= 4 is 22.6 Å². The quantitative estimate of drug-likeness (QED) is 0.0917. The predicted octanol–water partition coefficient (Wildman–Crippen LogP) is 11.7. The summed E-state index contributed by atoms with van der Waals surface area (Å²) >= 11 is 2.02. The molecule has 0 heterocycles. The minimum Gasteiger partial charge on any atom is -0.343 e. The number of alkyl halides is 3. The number of hydrogen-bond acceptors (Lipinski definition) is 0. The van der Waals surface area contributed by atoms with E-state index in [-0.39, 0.29) is 80.9 Å². The van der Waals surface area contributed by atoms with Crippen LogP contribution < -0.4 is 58.2 Å². The van der Waals surface area contributed by atoms with Gasteiger partial charge in [-0.2, -0.15) is 19.6 Å². The first-order valence-electron chi connectivity index (χ1n) is 16.3. The zero-order chi connectivity index (χ0) is 35.9. The maximum absolute atomic E-state index is 13.0. The summed E-state index contributed by atoms with van der Waals surface area (Å²) < 4.78 is 76.1. The second-order valence-electron chi connectivity index (χ2n) is 11.4. The zero-order valence-corrected chi connectivity index (χ0v) is 37.5. The summed E-state index contributed by atoms with van der Waals surface area (Å²) in [6.45, 7) is 20.3. The second-order valence-corrected chi connectivity index (χ2v) is 12.5. The van der Waals surface area contributed by atoms with E-state index in [1.165, 1.54) is 89.8 Å². The van der Waals surface area contributed by atoms with Gasteiger partial charge in [-0.25, -0.2) is 13.2 Å². The molecular weight excluding hydrogens is 795 g/mol. The predicted molar refractivity (Wildman–Crippen MR) is 194 cm³/mol. The molecule has 0 nitrogen and oxygen atoms in total. The minimum atomic E-state index is -4.61. The van der Waals surface area contributed by atoms with Crippen molar-refractivity contribution in [3.05, 3.63) is 109 Å². The summed E-state index contributed by atoms with van der Waals surface area (Å²) in [5.74, 6) is -1.37. The summed E-state index contributed by atoms with van der Waals surface area (Å²) in [6, 6.07) is 11.5. The molecule has 8 heteroatoms. The normalized spacial score (nSPS) is 10.1.